The average Bonchev–Trinajstić information content (AvgIpc) is 3.99. The van der Waals surface area contributed by atoms with Crippen molar-refractivity contribution in [2.24, 2.45) is 71.0 Å². The van der Waals surface area contributed by atoms with Crippen molar-refractivity contribution in [2.75, 3.05) is 93.0 Å². The van der Waals surface area contributed by atoms with Crippen molar-refractivity contribution < 1.29 is 38.7 Å². The molecule has 9 rings (SSSR count). The van der Waals surface area contributed by atoms with Gasteiger partial charge in [0.2, 0.25) is 0 Å². The van der Waals surface area contributed by atoms with Gasteiger partial charge in [-0.3, -0.25) is 4.90 Å². The van der Waals surface area contributed by atoms with Crippen LogP contribution in [0, 0.1) is 71.0 Å². The number of aliphatic hydroxyl groups excluding tert-OH is 2. The highest BCUT2D eigenvalue weighted by Crippen LogP contribution is 2.53. The van der Waals surface area contributed by atoms with Gasteiger partial charge in [-0.25, -0.2) is 9.59 Å². The highest BCUT2D eigenvalue weighted by molar-refractivity contribution is 5.69. The zero-order valence-electron chi connectivity index (χ0n) is 34.7. The van der Waals surface area contributed by atoms with Gasteiger partial charge in [0.15, 0.2) is 0 Å². The molecule has 8 aliphatic rings. The molecule has 12 heteroatoms. The van der Waals surface area contributed by atoms with Gasteiger partial charge in [-0.05, 0) is 131 Å². The molecule has 4 saturated carbocycles. The number of methoxy groups -OCH3 is 2. The maximum Gasteiger partial charge on any atom is 0.410 e. The number of piperidine rings is 4. The van der Waals surface area contributed by atoms with Crippen LogP contribution in [-0.4, -0.2) is 141 Å². The summed E-state index contributed by atoms with van der Waals surface area (Å²) < 4.78 is 20.8. The maximum atomic E-state index is 11.8. The van der Waals surface area contributed by atoms with Crippen LogP contribution >= 0.6 is 0 Å². The van der Waals surface area contributed by atoms with Gasteiger partial charge in [-0.15, -0.1) is 0 Å². The molecule has 310 valence electrons. The van der Waals surface area contributed by atoms with E-state index in [1.807, 2.05) is 46.4 Å². The molecule has 3 N–H and O–H groups in total. The number of rotatable bonds is 8. The maximum absolute atomic E-state index is 11.8. The number of hydrogen-bond acceptors (Lipinski definition) is 10. The Morgan fingerprint density at radius 3 is 1.38 bits per heavy atom. The van der Waals surface area contributed by atoms with Crippen LogP contribution in [0.1, 0.15) is 47.1 Å². The van der Waals surface area contributed by atoms with Crippen molar-refractivity contribution in [1.29, 1.82) is 0 Å². The van der Waals surface area contributed by atoms with Crippen LogP contribution in [0.25, 0.3) is 0 Å². The van der Waals surface area contributed by atoms with Crippen molar-refractivity contribution in [3.63, 3.8) is 0 Å². The minimum Gasteiger partial charge on any atom is -0.444 e. The number of benzene rings is 1. The Labute approximate surface area is 329 Å². The molecule has 4 saturated heterocycles. The number of ether oxygens (including phenoxy) is 4. The Bertz CT molecular complexity index is 1370. The summed E-state index contributed by atoms with van der Waals surface area (Å²) in [5.41, 5.74) is 0.593. The second-order valence-corrected chi connectivity index (χ2v) is 19.4. The fourth-order valence-electron chi connectivity index (χ4n) is 9.92. The highest BCUT2D eigenvalue weighted by Gasteiger charge is 2.58. The molecule has 4 aliphatic heterocycles. The second-order valence-electron chi connectivity index (χ2n) is 19.4. The SMILES string of the molecule is CC(C)(C)OC(=O)N1C[C@@H]2C(CO)[C@@H]2C1.COCC1[C@H]2CN(C(=O)OC(C)(C)C)C[C@@H]12.COCC1[C@H]2CNC[C@@H]12.OCC1[C@H]2CN(Cc3ccccc3)C[C@@H]12. The molecule has 2 amide bonds. The van der Waals surface area contributed by atoms with E-state index in [1.54, 1.807) is 19.1 Å². The van der Waals surface area contributed by atoms with Gasteiger partial charge < -0.3 is 44.3 Å². The topological polar surface area (TPSA) is 133 Å². The quantitative estimate of drug-likeness (QED) is 0.352. The van der Waals surface area contributed by atoms with Crippen LogP contribution in [0.15, 0.2) is 30.3 Å². The molecular weight excluding hydrogens is 700 g/mol. The summed E-state index contributed by atoms with van der Waals surface area (Å²) in [6.45, 7) is 22.9. The fourth-order valence-corrected chi connectivity index (χ4v) is 9.92. The van der Waals surface area contributed by atoms with Gasteiger partial charge in [0.25, 0.3) is 0 Å². The molecule has 0 aromatic heterocycles. The van der Waals surface area contributed by atoms with Gasteiger partial charge >= 0.3 is 12.2 Å². The third-order valence-corrected chi connectivity index (χ3v) is 13.2. The number of likely N-dealkylation sites (tertiary alicyclic amines) is 3. The predicted octanol–water partition coefficient (Wildman–Crippen LogP) is 4.29. The molecule has 8 fully saturated rings. The number of nitrogens with zero attached hydrogens (tertiary/aromatic N) is 3. The molecule has 0 radical (unpaired) electrons. The van der Waals surface area contributed by atoms with E-state index in [0.717, 1.165) is 75.5 Å². The third-order valence-electron chi connectivity index (χ3n) is 13.2. The lowest BCUT2D eigenvalue weighted by Crippen LogP contribution is -2.37. The first-order valence-electron chi connectivity index (χ1n) is 20.8. The first-order valence-corrected chi connectivity index (χ1v) is 20.8. The zero-order valence-corrected chi connectivity index (χ0v) is 34.7. The molecule has 4 aliphatic carbocycles. The van der Waals surface area contributed by atoms with E-state index in [-0.39, 0.29) is 18.8 Å². The minimum absolute atomic E-state index is 0.170. The van der Waals surface area contributed by atoms with Crippen molar-refractivity contribution in [2.45, 2.75) is 59.3 Å². The van der Waals surface area contributed by atoms with E-state index in [1.165, 1.54) is 31.7 Å². The molecule has 4 heterocycles. The number of fused-ring (bicyclic) bond motifs is 4. The molecule has 1 aromatic carbocycles. The lowest BCUT2D eigenvalue weighted by molar-refractivity contribution is 0.0247. The van der Waals surface area contributed by atoms with Crippen LogP contribution in [0.3, 0.4) is 0 Å². The normalized spacial score (nSPS) is 35.7. The van der Waals surface area contributed by atoms with Crippen molar-refractivity contribution in [3.05, 3.63) is 35.9 Å². The average molecular weight is 771 g/mol. The molecular formula is C43H70N4O8. The number of hydrogen-bond donors (Lipinski definition) is 3. The van der Waals surface area contributed by atoms with Crippen LogP contribution in [-0.2, 0) is 25.5 Å². The van der Waals surface area contributed by atoms with E-state index >= 15 is 0 Å². The zero-order chi connectivity index (χ0) is 39.7. The fraction of sp³-hybridized carbons (Fsp3) is 0.814. The minimum atomic E-state index is -0.416. The number of amides is 2. The molecule has 0 bridgehead atoms. The van der Waals surface area contributed by atoms with Gasteiger partial charge in [0.05, 0.1) is 0 Å². The Hall–Kier alpha value is -2.48. The summed E-state index contributed by atoms with van der Waals surface area (Å²) in [6.07, 6.45) is -0.387. The van der Waals surface area contributed by atoms with Gasteiger partial charge in [-0.2, -0.15) is 0 Å². The smallest absolute Gasteiger partial charge is 0.410 e. The van der Waals surface area contributed by atoms with E-state index < -0.39 is 11.2 Å². The van der Waals surface area contributed by atoms with Crippen molar-refractivity contribution in [3.8, 4) is 0 Å². The number of aliphatic hydroxyl groups is 2. The number of carbonyl (C=O) groups excluding carboxylic acids is 2. The Balaban J connectivity index is 0.000000127. The number of carbonyl (C=O) groups is 2. The summed E-state index contributed by atoms with van der Waals surface area (Å²) in [6, 6.07) is 10.6. The third kappa shape index (κ3) is 10.9. The van der Waals surface area contributed by atoms with Gasteiger partial charge in [-0.1, -0.05) is 30.3 Å². The first kappa shape index (κ1) is 42.1. The standard InChI is InChI=1S/C13H17NO.C12H21NO3.C11H19NO3.C7H13NO/c15-9-13-11-7-14(8-12(11)13)6-10-4-2-1-3-5-10;1-12(2,3)16-11(14)13-5-8-9(6-13)10(8)7-15-4;1-11(2,3)15-10(14)12-4-7-8(5-12)9(7)6-13;1-9-4-7-5-2-8-3-6(5)7/h1-5,11-13,15H,6-9H2;8-10H,5-7H2,1-4H3;7-9,13H,4-6H2,1-3H3;5-8H,2-4H2,1H3/t11-,12+,13?;8-,9+,10?;7-,8+,9?;5-,6+,7?. The summed E-state index contributed by atoms with van der Waals surface area (Å²) in [5.74, 6) is 8.46. The lowest BCUT2D eigenvalue weighted by atomic mass is 10.2. The molecule has 4 unspecified atom stereocenters. The van der Waals surface area contributed by atoms with E-state index in [0.29, 0.717) is 48.0 Å². The van der Waals surface area contributed by atoms with E-state index in [9.17, 15) is 9.59 Å². The largest absolute Gasteiger partial charge is 0.444 e. The molecule has 1 aromatic rings. The summed E-state index contributed by atoms with van der Waals surface area (Å²) in [4.78, 5) is 29.5. The first-order chi connectivity index (χ1) is 26.2. The van der Waals surface area contributed by atoms with Crippen molar-refractivity contribution >= 4 is 12.2 Å². The van der Waals surface area contributed by atoms with Crippen LogP contribution < -0.4 is 5.32 Å². The van der Waals surface area contributed by atoms with Gasteiger partial charge in [0, 0.05) is 86.5 Å². The van der Waals surface area contributed by atoms with Crippen molar-refractivity contribution in [1.82, 2.24) is 20.0 Å². The molecule has 12 atom stereocenters. The highest BCUT2D eigenvalue weighted by atomic mass is 16.6. The number of nitrogens with one attached hydrogen (secondary N) is 1. The molecule has 55 heavy (non-hydrogen) atoms. The summed E-state index contributed by atoms with van der Waals surface area (Å²) >= 11 is 0. The van der Waals surface area contributed by atoms with Gasteiger partial charge in [0.1, 0.15) is 11.2 Å². The summed E-state index contributed by atoms with van der Waals surface area (Å²) in [7, 11) is 3.53. The molecule has 12 nitrogen and oxygen atoms in total. The van der Waals surface area contributed by atoms with E-state index in [2.05, 4.69) is 40.5 Å². The lowest BCUT2D eigenvalue weighted by Gasteiger charge is -2.25. The Morgan fingerprint density at radius 1 is 0.618 bits per heavy atom. The Morgan fingerprint density at radius 2 is 1.00 bits per heavy atom. The predicted molar refractivity (Wildman–Crippen MR) is 210 cm³/mol. The monoisotopic (exact) mass is 771 g/mol. The van der Waals surface area contributed by atoms with Crippen LogP contribution in [0.4, 0.5) is 9.59 Å². The molecule has 0 spiro atoms. The van der Waals surface area contributed by atoms with E-state index in [4.69, 9.17) is 29.2 Å². The summed E-state index contributed by atoms with van der Waals surface area (Å²) in [5, 5.41) is 21.4. The second kappa shape index (κ2) is 17.6. The van der Waals surface area contributed by atoms with Crippen LogP contribution in [0.2, 0.25) is 0 Å². The Kier molecular flexibility index (Phi) is 13.5. The van der Waals surface area contributed by atoms with Crippen LogP contribution in [0.5, 0.6) is 0 Å².